The van der Waals surface area contributed by atoms with Gasteiger partial charge in [0.25, 0.3) is 0 Å². The van der Waals surface area contributed by atoms with Crippen LogP contribution in [0.2, 0.25) is 0 Å². The Bertz CT molecular complexity index is 490. The average molecular weight is 292 g/mol. The molecule has 0 N–H and O–H groups in total. The second kappa shape index (κ2) is 5.61. The maximum Gasteiger partial charge on any atom is 0.204 e. The maximum absolute atomic E-state index is 5.73. The molecule has 0 radical (unpaired) electrons. The van der Waals surface area contributed by atoms with Crippen molar-refractivity contribution >= 4 is 5.95 Å². The summed E-state index contributed by atoms with van der Waals surface area (Å²) in [4.78, 5) is 9.15. The van der Waals surface area contributed by atoms with Gasteiger partial charge in [0, 0.05) is 40.8 Å². The number of imidazole rings is 1. The topological polar surface area (TPSA) is 33.5 Å². The molecule has 118 valence electrons. The van der Waals surface area contributed by atoms with Gasteiger partial charge >= 0.3 is 0 Å². The van der Waals surface area contributed by atoms with Gasteiger partial charge in [-0.3, -0.25) is 4.90 Å². The zero-order valence-electron chi connectivity index (χ0n) is 13.8. The molecule has 0 unspecified atom stereocenters. The normalized spacial score (nSPS) is 29.0. The SMILES string of the molecule is CCOC1CC2(CCN(Cc3cnc(N(C)C)n3C)C2)C1. The molecule has 2 heterocycles. The molecular weight excluding hydrogens is 264 g/mol. The first-order chi connectivity index (χ1) is 10.0. The first kappa shape index (κ1) is 14.9. The maximum atomic E-state index is 5.73. The number of likely N-dealkylation sites (tertiary alicyclic amines) is 1. The van der Waals surface area contributed by atoms with E-state index in [-0.39, 0.29) is 0 Å². The zero-order valence-corrected chi connectivity index (χ0v) is 13.8. The van der Waals surface area contributed by atoms with Crippen LogP contribution in [0.25, 0.3) is 0 Å². The summed E-state index contributed by atoms with van der Waals surface area (Å²) in [5.74, 6) is 1.03. The molecule has 5 heteroatoms. The van der Waals surface area contributed by atoms with E-state index in [0.717, 1.165) is 19.1 Å². The molecule has 1 aliphatic heterocycles. The highest BCUT2D eigenvalue weighted by molar-refractivity contribution is 5.31. The minimum Gasteiger partial charge on any atom is -0.378 e. The number of hydrogen-bond donors (Lipinski definition) is 0. The van der Waals surface area contributed by atoms with Gasteiger partial charge in [0.15, 0.2) is 0 Å². The fraction of sp³-hybridized carbons (Fsp3) is 0.812. The van der Waals surface area contributed by atoms with Crippen molar-refractivity contribution in [3.05, 3.63) is 11.9 Å². The van der Waals surface area contributed by atoms with E-state index in [1.807, 2.05) is 20.3 Å². The Morgan fingerprint density at radius 2 is 2.19 bits per heavy atom. The molecule has 1 aromatic heterocycles. The van der Waals surface area contributed by atoms with Gasteiger partial charge in [-0.2, -0.15) is 0 Å². The van der Waals surface area contributed by atoms with Crippen LogP contribution in [0.15, 0.2) is 6.20 Å². The monoisotopic (exact) mass is 292 g/mol. The van der Waals surface area contributed by atoms with Gasteiger partial charge in [-0.15, -0.1) is 0 Å². The lowest BCUT2D eigenvalue weighted by atomic mass is 9.66. The first-order valence-corrected chi connectivity index (χ1v) is 8.05. The van der Waals surface area contributed by atoms with Gasteiger partial charge in [0.1, 0.15) is 0 Å². The van der Waals surface area contributed by atoms with Crippen molar-refractivity contribution in [2.75, 3.05) is 38.7 Å². The smallest absolute Gasteiger partial charge is 0.204 e. The Balaban J connectivity index is 1.56. The van der Waals surface area contributed by atoms with E-state index < -0.39 is 0 Å². The third-order valence-electron chi connectivity index (χ3n) is 5.09. The number of ether oxygens (including phenoxy) is 1. The highest BCUT2D eigenvalue weighted by Gasteiger charge is 2.48. The van der Waals surface area contributed by atoms with Gasteiger partial charge in [-0.25, -0.2) is 4.98 Å². The summed E-state index contributed by atoms with van der Waals surface area (Å²) >= 11 is 0. The van der Waals surface area contributed by atoms with E-state index in [2.05, 4.69) is 33.3 Å². The molecule has 1 saturated heterocycles. The molecular formula is C16H28N4O. The minimum absolute atomic E-state index is 0.520. The molecule has 0 aromatic carbocycles. The highest BCUT2D eigenvalue weighted by atomic mass is 16.5. The fourth-order valence-electron chi connectivity index (χ4n) is 3.98. The molecule has 1 aromatic rings. The van der Waals surface area contributed by atoms with E-state index >= 15 is 0 Å². The lowest BCUT2D eigenvalue weighted by molar-refractivity contribution is -0.0719. The van der Waals surface area contributed by atoms with E-state index in [4.69, 9.17) is 4.74 Å². The van der Waals surface area contributed by atoms with E-state index in [1.165, 1.54) is 38.0 Å². The van der Waals surface area contributed by atoms with Crippen LogP contribution in [0, 0.1) is 5.41 Å². The van der Waals surface area contributed by atoms with Gasteiger partial charge in [-0.05, 0) is 38.1 Å². The number of aromatic nitrogens is 2. The van der Waals surface area contributed by atoms with Crippen molar-refractivity contribution in [2.24, 2.45) is 12.5 Å². The number of nitrogens with zero attached hydrogens (tertiary/aromatic N) is 4. The van der Waals surface area contributed by atoms with E-state index in [9.17, 15) is 0 Å². The summed E-state index contributed by atoms with van der Waals surface area (Å²) in [7, 11) is 6.19. The Morgan fingerprint density at radius 3 is 2.81 bits per heavy atom. The predicted octanol–water partition coefficient (Wildman–Crippen LogP) is 1.88. The summed E-state index contributed by atoms with van der Waals surface area (Å²) < 4.78 is 7.93. The quantitative estimate of drug-likeness (QED) is 0.830. The second-order valence-corrected chi connectivity index (χ2v) is 6.95. The minimum atomic E-state index is 0.520. The molecule has 2 fully saturated rings. The number of rotatable bonds is 5. The van der Waals surface area contributed by atoms with Gasteiger partial charge in [0.05, 0.1) is 18.0 Å². The van der Waals surface area contributed by atoms with Crippen molar-refractivity contribution < 1.29 is 4.74 Å². The summed E-state index contributed by atoms with van der Waals surface area (Å²) in [6.07, 6.45) is 6.38. The number of hydrogen-bond acceptors (Lipinski definition) is 4. The summed E-state index contributed by atoms with van der Waals surface area (Å²) in [5.41, 5.74) is 1.85. The van der Waals surface area contributed by atoms with Crippen LogP contribution < -0.4 is 4.90 Å². The lowest BCUT2D eigenvalue weighted by Gasteiger charge is -2.44. The molecule has 1 spiro atoms. The number of anilines is 1. The van der Waals surface area contributed by atoms with Crippen LogP contribution >= 0.6 is 0 Å². The summed E-state index contributed by atoms with van der Waals surface area (Å²) in [5, 5.41) is 0. The summed E-state index contributed by atoms with van der Waals surface area (Å²) in [6.45, 7) is 6.39. The molecule has 1 aliphatic carbocycles. The fourth-order valence-corrected chi connectivity index (χ4v) is 3.98. The Labute approximate surface area is 127 Å². The highest BCUT2D eigenvalue weighted by Crippen LogP contribution is 2.49. The zero-order chi connectivity index (χ0) is 15.0. The Morgan fingerprint density at radius 1 is 1.43 bits per heavy atom. The second-order valence-electron chi connectivity index (χ2n) is 6.95. The van der Waals surface area contributed by atoms with Crippen molar-refractivity contribution in [3.63, 3.8) is 0 Å². The molecule has 21 heavy (non-hydrogen) atoms. The van der Waals surface area contributed by atoms with Crippen LogP contribution in [0.3, 0.4) is 0 Å². The Hall–Kier alpha value is -1.07. The van der Waals surface area contributed by atoms with Gasteiger partial charge < -0.3 is 14.2 Å². The first-order valence-electron chi connectivity index (χ1n) is 8.05. The third-order valence-corrected chi connectivity index (χ3v) is 5.09. The van der Waals surface area contributed by atoms with Crippen molar-refractivity contribution in [3.8, 4) is 0 Å². The molecule has 0 bridgehead atoms. The van der Waals surface area contributed by atoms with Crippen LogP contribution in [0.4, 0.5) is 5.95 Å². The average Bonchev–Trinajstić information content (AvgIpc) is 2.95. The molecule has 2 aliphatic rings. The van der Waals surface area contributed by atoms with Crippen molar-refractivity contribution in [1.29, 1.82) is 0 Å². The third kappa shape index (κ3) is 2.81. The van der Waals surface area contributed by atoms with Gasteiger partial charge in [0.2, 0.25) is 5.95 Å². The lowest BCUT2D eigenvalue weighted by Crippen LogP contribution is -2.44. The van der Waals surface area contributed by atoms with Gasteiger partial charge in [-0.1, -0.05) is 0 Å². The summed E-state index contributed by atoms with van der Waals surface area (Å²) in [6, 6.07) is 0. The molecule has 1 saturated carbocycles. The van der Waals surface area contributed by atoms with E-state index in [1.54, 1.807) is 0 Å². The van der Waals surface area contributed by atoms with Crippen molar-refractivity contribution in [1.82, 2.24) is 14.5 Å². The largest absolute Gasteiger partial charge is 0.378 e. The Kier molecular flexibility index (Phi) is 3.97. The molecule has 0 amide bonds. The van der Waals surface area contributed by atoms with Crippen LogP contribution in [-0.2, 0) is 18.3 Å². The standard InChI is InChI=1S/C16H28N4O/c1-5-21-14-8-16(9-14)6-7-20(12-16)11-13-10-17-15(18(2)3)19(13)4/h10,14H,5-9,11-12H2,1-4H3. The van der Waals surface area contributed by atoms with E-state index in [0.29, 0.717) is 11.5 Å². The molecule has 5 nitrogen and oxygen atoms in total. The predicted molar refractivity (Wildman–Crippen MR) is 84.5 cm³/mol. The van der Waals surface area contributed by atoms with Crippen molar-refractivity contribution in [2.45, 2.75) is 38.8 Å². The van der Waals surface area contributed by atoms with Crippen LogP contribution in [-0.4, -0.2) is 54.3 Å². The van der Waals surface area contributed by atoms with Crippen LogP contribution in [0.1, 0.15) is 31.9 Å². The van der Waals surface area contributed by atoms with Crippen LogP contribution in [0.5, 0.6) is 0 Å². The molecule has 3 rings (SSSR count). The molecule has 0 atom stereocenters.